The minimum absolute atomic E-state index is 0.0949. The molecule has 2 aromatic carbocycles. The molecule has 0 radical (unpaired) electrons. The van der Waals surface area contributed by atoms with E-state index in [-0.39, 0.29) is 17.2 Å². The van der Waals surface area contributed by atoms with E-state index in [0.717, 1.165) is 42.6 Å². The molecule has 27 heavy (non-hydrogen) atoms. The molecule has 1 aliphatic heterocycles. The molecule has 0 fully saturated rings. The Morgan fingerprint density at radius 1 is 1.11 bits per heavy atom. The first-order chi connectivity index (χ1) is 12.8. The number of halogens is 1. The van der Waals surface area contributed by atoms with Crippen LogP contribution in [0, 0.1) is 5.82 Å². The molecule has 2 aromatic rings. The highest BCUT2D eigenvalue weighted by Crippen LogP contribution is 2.31. The fourth-order valence-corrected chi connectivity index (χ4v) is 3.24. The van der Waals surface area contributed by atoms with Crippen molar-refractivity contribution in [3.63, 3.8) is 0 Å². The van der Waals surface area contributed by atoms with Crippen molar-refractivity contribution in [3.8, 4) is 11.5 Å². The lowest BCUT2D eigenvalue weighted by molar-refractivity contribution is 0.126. The zero-order valence-corrected chi connectivity index (χ0v) is 17.2. The maximum atomic E-state index is 13.8. The SMILES string of the molecule is CC.CC(C)(C)Oc1cc(CCCN2Cc3cccc(F)c3C2)ccc1O. The second-order valence-electron chi connectivity index (χ2n) is 7.71. The molecule has 148 valence electrons. The molecule has 0 bridgehead atoms. The minimum Gasteiger partial charge on any atom is -0.504 e. The molecule has 4 heteroatoms. The molecular formula is C23H32FNO2. The van der Waals surface area contributed by atoms with Gasteiger partial charge in [-0.2, -0.15) is 0 Å². The molecule has 3 nitrogen and oxygen atoms in total. The first kappa shape index (κ1) is 21.2. The summed E-state index contributed by atoms with van der Waals surface area (Å²) in [5, 5.41) is 9.95. The third kappa shape index (κ3) is 5.96. The highest BCUT2D eigenvalue weighted by molar-refractivity contribution is 5.42. The number of ether oxygens (including phenoxy) is 1. The molecule has 3 rings (SSSR count). The summed E-state index contributed by atoms with van der Waals surface area (Å²) in [6.07, 6.45) is 1.88. The Kier molecular flexibility index (Phi) is 7.25. The Hall–Kier alpha value is -2.07. The molecule has 1 N–H and O–H groups in total. The number of phenols is 1. The first-order valence-corrected chi connectivity index (χ1v) is 9.81. The number of aryl methyl sites for hydroxylation is 1. The van der Waals surface area contributed by atoms with Gasteiger partial charge in [-0.25, -0.2) is 4.39 Å². The van der Waals surface area contributed by atoms with Crippen molar-refractivity contribution >= 4 is 0 Å². The molecule has 0 aliphatic carbocycles. The maximum absolute atomic E-state index is 13.8. The number of aromatic hydroxyl groups is 1. The number of benzene rings is 2. The molecule has 0 spiro atoms. The van der Waals surface area contributed by atoms with Gasteiger partial charge in [-0.3, -0.25) is 4.90 Å². The Bertz CT molecular complexity index is 753. The van der Waals surface area contributed by atoms with E-state index in [9.17, 15) is 9.50 Å². The van der Waals surface area contributed by atoms with E-state index in [2.05, 4.69) is 4.90 Å². The monoisotopic (exact) mass is 373 g/mol. The van der Waals surface area contributed by atoms with E-state index in [0.29, 0.717) is 12.3 Å². The largest absolute Gasteiger partial charge is 0.504 e. The summed E-state index contributed by atoms with van der Waals surface area (Å²) in [5.41, 5.74) is 2.74. The maximum Gasteiger partial charge on any atom is 0.161 e. The van der Waals surface area contributed by atoms with Gasteiger partial charge in [0.15, 0.2) is 11.5 Å². The first-order valence-electron chi connectivity index (χ1n) is 9.81. The van der Waals surface area contributed by atoms with Crippen LogP contribution in [0.25, 0.3) is 0 Å². The second kappa shape index (κ2) is 9.23. The van der Waals surface area contributed by atoms with Gasteiger partial charge in [0.25, 0.3) is 0 Å². The van der Waals surface area contributed by atoms with E-state index in [1.807, 2.05) is 52.8 Å². The number of hydrogen-bond donors (Lipinski definition) is 1. The Morgan fingerprint density at radius 3 is 2.52 bits per heavy atom. The van der Waals surface area contributed by atoms with Crippen LogP contribution in [0.3, 0.4) is 0 Å². The quantitative estimate of drug-likeness (QED) is 0.731. The van der Waals surface area contributed by atoms with Gasteiger partial charge in [0.2, 0.25) is 0 Å². The van der Waals surface area contributed by atoms with E-state index >= 15 is 0 Å². The van der Waals surface area contributed by atoms with E-state index in [1.54, 1.807) is 12.1 Å². The Labute approximate surface area is 162 Å². The average Bonchev–Trinajstić information content (AvgIpc) is 3.03. The van der Waals surface area contributed by atoms with Crippen molar-refractivity contribution in [2.24, 2.45) is 0 Å². The fourth-order valence-electron chi connectivity index (χ4n) is 3.24. The van der Waals surface area contributed by atoms with Gasteiger partial charge in [0.1, 0.15) is 11.4 Å². The molecule has 0 aromatic heterocycles. The summed E-state index contributed by atoms with van der Waals surface area (Å²) in [5.74, 6) is 0.604. The molecule has 0 unspecified atom stereocenters. The van der Waals surface area contributed by atoms with Gasteiger partial charge >= 0.3 is 0 Å². The van der Waals surface area contributed by atoms with Gasteiger partial charge in [-0.15, -0.1) is 0 Å². The second-order valence-corrected chi connectivity index (χ2v) is 7.71. The summed E-state index contributed by atoms with van der Waals surface area (Å²) < 4.78 is 19.6. The number of fused-ring (bicyclic) bond motifs is 1. The van der Waals surface area contributed by atoms with Crippen LogP contribution in [0.4, 0.5) is 4.39 Å². The zero-order valence-electron chi connectivity index (χ0n) is 17.2. The van der Waals surface area contributed by atoms with Crippen molar-refractivity contribution in [1.29, 1.82) is 0 Å². The number of phenolic OH excluding ortho intramolecular Hbond substituents is 1. The van der Waals surface area contributed by atoms with E-state index in [4.69, 9.17) is 4.74 Å². The summed E-state index contributed by atoms with van der Waals surface area (Å²) in [7, 11) is 0. The summed E-state index contributed by atoms with van der Waals surface area (Å²) in [6.45, 7) is 12.3. The van der Waals surface area contributed by atoms with Crippen molar-refractivity contribution in [3.05, 3.63) is 58.9 Å². The highest BCUT2D eigenvalue weighted by Gasteiger charge is 2.21. The summed E-state index contributed by atoms with van der Waals surface area (Å²) in [4.78, 5) is 2.28. The molecule has 0 saturated carbocycles. The predicted molar refractivity (Wildman–Crippen MR) is 109 cm³/mol. The molecule has 1 aliphatic rings. The van der Waals surface area contributed by atoms with Gasteiger partial charge in [-0.05, 0) is 69.5 Å². The van der Waals surface area contributed by atoms with E-state index < -0.39 is 0 Å². The number of hydrogen-bond acceptors (Lipinski definition) is 3. The topological polar surface area (TPSA) is 32.7 Å². The normalized spacial score (nSPS) is 13.7. The van der Waals surface area contributed by atoms with Crippen LogP contribution < -0.4 is 4.74 Å². The van der Waals surface area contributed by atoms with Gasteiger partial charge in [0, 0.05) is 18.7 Å². The van der Waals surface area contributed by atoms with E-state index in [1.165, 1.54) is 6.07 Å². The van der Waals surface area contributed by atoms with Gasteiger partial charge in [-0.1, -0.05) is 32.0 Å². The van der Waals surface area contributed by atoms with Gasteiger partial charge in [0.05, 0.1) is 0 Å². The zero-order chi connectivity index (χ0) is 20.0. The number of nitrogens with zero attached hydrogens (tertiary/aromatic N) is 1. The van der Waals surface area contributed by atoms with Crippen molar-refractivity contribution in [2.75, 3.05) is 6.54 Å². The van der Waals surface area contributed by atoms with Crippen LogP contribution in [0.5, 0.6) is 11.5 Å². The Balaban J connectivity index is 0.00000126. The van der Waals surface area contributed by atoms with Gasteiger partial charge < -0.3 is 9.84 Å². The molecule has 0 saturated heterocycles. The molecule has 0 amide bonds. The summed E-state index contributed by atoms with van der Waals surface area (Å²) >= 11 is 0. The fraction of sp³-hybridized carbons (Fsp3) is 0.478. The van der Waals surface area contributed by atoms with Crippen molar-refractivity contribution in [1.82, 2.24) is 4.90 Å². The van der Waals surface area contributed by atoms with Crippen LogP contribution in [0.1, 0.15) is 57.7 Å². The smallest absolute Gasteiger partial charge is 0.161 e. The lowest BCUT2D eigenvalue weighted by atomic mass is 10.1. The van der Waals surface area contributed by atoms with Crippen molar-refractivity contribution in [2.45, 2.75) is 66.2 Å². The van der Waals surface area contributed by atoms with Crippen LogP contribution in [0.15, 0.2) is 36.4 Å². The lowest BCUT2D eigenvalue weighted by Gasteiger charge is -2.22. The molecule has 0 atom stereocenters. The van der Waals surface area contributed by atoms with Crippen LogP contribution >= 0.6 is 0 Å². The van der Waals surface area contributed by atoms with Crippen LogP contribution in [-0.2, 0) is 19.5 Å². The third-order valence-electron chi connectivity index (χ3n) is 4.37. The molecular weight excluding hydrogens is 341 g/mol. The van der Waals surface area contributed by atoms with Crippen LogP contribution in [0.2, 0.25) is 0 Å². The lowest BCUT2D eigenvalue weighted by Crippen LogP contribution is -2.23. The van der Waals surface area contributed by atoms with Crippen LogP contribution in [-0.4, -0.2) is 22.2 Å². The molecule has 1 heterocycles. The standard InChI is InChI=1S/C21H26FNO2.C2H6/c1-21(2,3)25-20-12-15(9-10-19(20)24)6-5-11-23-13-16-7-4-8-18(22)17(16)14-23;1-2/h4,7-10,12,24H,5-6,11,13-14H2,1-3H3;1-2H3. The predicted octanol–water partition coefficient (Wildman–Crippen LogP) is 5.68. The Morgan fingerprint density at radius 2 is 1.85 bits per heavy atom. The highest BCUT2D eigenvalue weighted by atomic mass is 19.1. The number of rotatable bonds is 5. The minimum atomic E-state index is -0.346. The average molecular weight is 374 g/mol. The van der Waals surface area contributed by atoms with Crippen molar-refractivity contribution < 1.29 is 14.2 Å². The third-order valence-corrected chi connectivity index (χ3v) is 4.37. The summed E-state index contributed by atoms with van der Waals surface area (Å²) in [6, 6.07) is 10.9.